The largest absolute Gasteiger partial charge is 0.274 e. The van der Waals surface area contributed by atoms with Crippen LogP contribution < -0.4 is 0 Å². The zero-order valence-electron chi connectivity index (χ0n) is 14.9. The molecule has 3 heteroatoms. The van der Waals surface area contributed by atoms with Crippen LogP contribution in [-0.2, 0) is 6.42 Å². The van der Waals surface area contributed by atoms with Crippen molar-refractivity contribution in [2.75, 3.05) is 0 Å². The van der Waals surface area contributed by atoms with Crippen LogP contribution in [0.5, 0.6) is 0 Å². The van der Waals surface area contributed by atoms with Crippen LogP contribution in [0.1, 0.15) is 18.1 Å². The van der Waals surface area contributed by atoms with Crippen molar-refractivity contribution < 1.29 is 0 Å². The Bertz CT molecular complexity index is 1260. The van der Waals surface area contributed by atoms with Gasteiger partial charge < -0.3 is 0 Å². The van der Waals surface area contributed by atoms with Crippen LogP contribution >= 0.6 is 0 Å². The van der Waals surface area contributed by atoms with Crippen molar-refractivity contribution in [1.29, 1.82) is 0 Å². The third-order valence-electron chi connectivity index (χ3n) is 5.14. The fraction of sp³-hybridized carbons (Fsp3) is 0.130. The van der Waals surface area contributed by atoms with Crippen molar-refractivity contribution in [3.05, 3.63) is 77.9 Å². The zero-order chi connectivity index (χ0) is 17.7. The highest BCUT2D eigenvalue weighted by Gasteiger charge is 2.15. The number of benzene rings is 3. The van der Waals surface area contributed by atoms with Gasteiger partial charge in [0.05, 0.1) is 5.52 Å². The molecule has 5 rings (SSSR count). The van der Waals surface area contributed by atoms with E-state index in [-0.39, 0.29) is 0 Å². The van der Waals surface area contributed by atoms with Gasteiger partial charge in [-0.05, 0) is 36.4 Å². The van der Waals surface area contributed by atoms with Crippen molar-refractivity contribution in [1.82, 2.24) is 14.6 Å². The molecule has 0 saturated carbocycles. The smallest absolute Gasteiger partial charge is 0.169 e. The summed E-state index contributed by atoms with van der Waals surface area (Å²) in [6.45, 7) is 4.29. The van der Waals surface area contributed by atoms with E-state index in [0.29, 0.717) is 0 Å². The molecule has 0 saturated heterocycles. The summed E-state index contributed by atoms with van der Waals surface area (Å²) in [7, 11) is 0. The third kappa shape index (κ3) is 2.14. The predicted molar refractivity (Wildman–Crippen MR) is 108 cm³/mol. The summed E-state index contributed by atoms with van der Waals surface area (Å²) < 4.78 is 2.20. The minimum absolute atomic E-state index is 0.889. The Morgan fingerprint density at radius 1 is 0.808 bits per heavy atom. The molecule has 5 aromatic rings. The average Bonchev–Trinajstić information content (AvgIpc) is 3.14. The molecule has 0 bridgehead atoms. The molecular formula is C23H19N3. The summed E-state index contributed by atoms with van der Waals surface area (Å²) in [6, 6.07) is 23.7. The number of hydrogen-bond donors (Lipinski definition) is 0. The Labute approximate surface area is 151 Å². The van der Waals surface area contributed by atoms with Crippen LogP contribution in [0, 0.1) is 6.92 Å². The Kier molecular flexibility index (Phi) is 3.29. The molecule has 126 valence electrons. The van der Waals surface area contributed by atoms with Gasteiger partial charge in [-0.2, -0.15) is 0 Å². The first-order valence-electron chi connectivity index (χ1n) is 9.02. The second-order valence-corrected chi connectivity index (χ2v) is 6.80. The lowest BCUT2D eigenvalue weighted by Gasteiger charge is -2.11. The highest BCUT2D eigenvalue weighted by molar-refractivity contribution is 6.12. The van der Waals surface area contributed by atoms with Gasteiger partial charge >= 0.3 is 0 Å². The molecule has 0 unspecified atom stereocenters. The normalized spacial score (nSPS) is 11.6. The van der Waals surface area contributed by atoms with Crippen LogP contribution in [0.15, 0.2) is 66.7 Å². The molecule has 0 N–H and O–H groups in total. The van der Waals surface area contributed by atoms with Crippen molar-refractivity contribution in [2.45, 2.75) is 20.3 Å². The van der Waals surface area contributed by atoms with Crippen LogP contribution in [0.3, 0.4) is 0 Å². The third-order valence-corrected chi connectivity index (χ3v) is 5.14. The van der Waals surface area contributed by atoms with E-state index in [0.717, 1.165) is 34.4 Å². The van der Waals surface area contributed by atoms with Crippen molar-refractivity contribution >= 4 is 27.3 Å². The van der Waals surface area contributed by atoms with Crippen molar-refractivity contribution in [2.24, 2.45) is 0 Å². The molecular weight excluding hydrogens is 318 g/mol. The van der Waals surface area contributed by atoms with Crippen LogP contribution in [-0.4, -0.2) is 14.6 Å². The van der Waals surface area contributed by atoms with E-state index in [9.17, 15) is 0 Å². The highest BCUT2D eigenvalue weighted by Crippen LogP contribution is 2.32. The Hall–Kier alpha value is -3.20. The number of aryl methyl sites for hydroxylation is 2. The summed E-state index contributed by atoms with van der Waals surface area (Å²) >= 11 is 0. The number of rotatable bonds is 2. The summed E-state index contributed by atoms with van der Waals surface area (Å²) in [5, 5.41) is 12.7. The van der Waals surface area contributed by atoms with E-state index in [2.05, 4.69) is 95.2 Å². The monoisotopic (exact) mass is 337 g/mol. The molecule has 0 amide bonds. The fourth-order valence-corrected chi connectivity index (χ4v) is 3.70. The second kappa shape index (κ2) is 5.67. The van der Waals surface area contributed by atoms with Gasteiger partial charge in [0, 0.05) is 16.3 Å². The molecule has 0 fully saturated rings. The molecule has 2 heterocycles. The Balaban J connectivity index is 1.97. The Morgan fingerprint density at radius 3 is 2.35 bits per heavy atom. The molecule has 0 aliphatic carbocycles. The average molecular weight is 337 g/mol. The molecule has 0 aliphatic heterocycles. The van der Waals surface area contributed by atoms with Gasteiger partial charge in [-0.3, -0.25) is 4.40 Å². The van der Waals surface area contributed by atoms with Gasteiger partial charge in [0.25, 0.3) is 0 Å². The van der Waals surface area contributed by atoms with E-state index in [1.54, 1.807) is 0 Å². The van der Waals surface area contributed by atoms with Crippen molar-refractivity contribution in [3.8, 4) is 11.4 Å². The van der Waals surface area contributed by atoms with Crippen LogP contribution in [0.4, 0.5) is 0 Å². The molecule has 3 nitrogen and oxygen atoms in total. The number of fused-ring (bicyclic) bond motifs is 6. The molecule has 0 radical (unpaired) electrons. The molecule has 0 atom stereocenters. The maximum Gasteiger partial charge on any atom is 0.169 e. The topological polar surface area (TPSA) is 30.2 Å². The molecule has 26 heavy (non-hydrogen) atoms. The van der Waals surface area contributed by atoms with Crippen LogP contribution in [0.25, 0.3) is 38.7 Å². The molecule has 0 aliphatic rings. The summed E-state index contributed by atoms with van der Waals surface area (Å²) in [5.74, 6) is 0.889. The summed E-state index contributed by atoms with van der Waals surface area (Å²) in [6.07, 6.45) is 1.02. The zero-order valence-corrected chi connectivity index (χ0v) is 14.9. The second-order valence-electron chi connectivity index (χ2n) is 6.80. The number of aromatic nitrogens is 3. The first-order chi connectivity index (χ1) is 12.8. The molecule has 0 spiro atoms. The van der Waals surface area contributed by atoms with E-state index in [1.165, 1.54) is 21.9 Å². The summed E-state index contributed by atoms with van der Waals surface area (Å²) in [4.78, 5) is 0. The first-order valence-corrected chi connectivity index (χ1v) is 9.02. The highest BCUT2D eigenvalue weighted by atomic mass is 15.2. The number of nitrogens with zero attached hydrogens (tertiary/aromatic N) is 3. The predicted octanol–water partition coefficient (Wildman–Crippen LogP) is 5.57. The van der Waals surface area contributed by atoms with E-state index in [4.69, 9.17) is 0 Å². The van der Waals surface area contributed by atoms with Gasteiger partial charge in [0.1, 0.15) is 0 Å². The maximum absolute atomic E-state index is 4.55. The van der Waals surface area contributed by atoms with E-state index >= 15 is 0 Å². The van der Waals surface area contributed by atoms with E-state index < -0.39 is 0 Å². The van der Waals surface area contributed by atoms with Gasteiger partial charge in [-0.1, -0.05) is 67.1 Å². The van der Waals surface area contributed by atoms with Gasteiger partial charge in [0.2, 0.25) is 0 Å². The Morgan fingerprint density at radius 2 is 1.58 bits per heavy atom. The van der Waals surface area contributed by atoms with Crippen LogP contribution in [0.2, 0.25) is 0 Å². The molecule has 2 aromatic heterocycles. The minimum Gasteiger partial charge on any atom is -0.274 e. The quantitative estimate of drug-likeness (QED) is 0.394. The fourth-order valence-electron chi connectivity index (χ4n) is 3.70. The maximum atomic E-state index is 4.55. The van der Waals surface area contributed by atoms with E-state index in [1.807, 2.05) is 0 Å². The SMILES string of the molecule is CCc1ccc2c(c1)c1ccccc1c1nnc(-c3ccc(C)cc3)n21. The van der Waals surface area contributed by atoms with Gasteiger partial charge in [-0.25, -0.2) is 0 Å². The van der Waals surface area contributed by atoms with Crippen molar-refractivity contribution in [3.63, 3.8) is 0 Å². The van der Waals surface area contributed by atoms with Gasteiger partial charge in [-0.15, -0.1) is 10.2 Å². The lowest BCUT2D eigenvalue weighted by Crippen LogP contribution is -1.95. The summed E-state index contributed by atoms with van der Waals surface area (Å²) in [5.41, 5.74) is 5.72. The standard InChI is InChI=1S/C23H19N3/c1-3-16-10-13-21-20(14-16)18-6-4-5-7-19(18)23-25-24-22(26(21)23)17-11-8-15(2)9-12-17/h4-14H,3H2,1-2H3. The first kappa shape index (κ1) is 15.1. The minimum atomic E-state index is 0.889. The lowest BCUT2D eigenvalue weighted by molar-refractivity contribution is 1.12. The van der Waals surface area contributed by atoms with Gasteiger partial charge in [0.15, 0.2) is 11.5 Å². The number of pyridine rings is 1. The molecule has 3 aromatic carbocycles. The number of hydrogen-bond acceptors (Lipinski definition) is 2. The lowest BCUT2D eigenvalue weighted by atomic mass is 10.0.